The van der Waals surface area contributed by atoms with E-state index in [-0.39, 0.29) is 11.7 Å². The molecule has 26 heavy (non-hydrogen) atoms. The molecule has 2 aromatic carbocycles. The van der Waals surface area contributed by atoms with Crippen LogP contribution in [0.15, 0.2) is 53.0 Å². The number of carbonyl (C=O) groups excluding carboxylic acids is 2. The SMILES string of the molecule is CCc1c(C(=O)/C=C/c2ccc(NC(C)=O)cc2)oc2ccc(C)cc12. The molecule has 3 aromatic rings. The van der Waals surface area contributed by atoms with Gasteiger partial charge in [0, 0.05) is 23.6 Å². The minimum atomic E-state index is -0.151. The van der Waals surface area contributed by atoms with E-state index in [0.29, 0.717) is 5.76 Å². The van der Waals surface area contributed by atoms with E-state index in [9.17, 15) is 9.59 Å². The molecule has 0 atom stereocenters. The molecule has 0 unspecified atom stereocenters. The van der Waals surface area contributed by atoms with E-state index in [2.05, 4.69) is 11.4 Å². The molecule has 0 aliphatic rings. The van der Waals surface area contributed by atoms with Gasteiger partial charge >= 0.3 is 0 Å². The Labute approximate surface area is 152 Å². The van der Waals surface area contributed by atoms with Crippen molar-refractivity contribution in [3.8, 4) is 0 Å². The van der Waals surface area contributed by atoms with E-state index >= 15 is 0 Å². The van der Waals surface area contributed by atoms with Crippen LogP contribution in [-0.4, -0.2) is 11.7 Å². The predicted octanol–water partition coefficient (Wildman–Crippen LogP) is 5.16. The van der Waals surface area contributed by atoms with Gasteiger partial charge < -0.3 is 9.73 Å². The fourth-order valence-electron chi connectivity index (χ4n) is 2.94. The lowest BCUT2D eigenvalue weighted by molar-refractivity contribution is -0.114. The third kappa shape index (κ3) is 3.75. The summed E-state index contributed by atoms with van der Waals surface area (Å²) >= 11 is 0. The molecule has 3 rings (SSSR count). The zero-order chi connectivity index (χ0) is 18.7. The van der Waals surface area contributed by atoms with E-state index in [1.807, 2.05) is 38.1 Å². The van der Waals surface area contributed by atoms with Crippen molar-refractivity contribution in [3.05, 3.63) is 71.0 Å². The molecule has 0 radical (unpaired) electrons. The highest BCUT2D eigenvalue weighted by atomic mass is 16.3. The van der Waals surface area contributed by atoms with E-state index in [1.54, 1.807) is 18.2 Å². The van der Waals surface area contributed by atoms with Crippen LogP contribution in [0, 0.1) is 6.92 Å². The Morgan fingerprint density at radius 2 is 1.85 bits per heavy atom. The lowest BCUT2D eigenvalue weighted by Gasteiger charge is -2.01. The van der Waals surface area contributed by atoms with Crippen LogP contribution in [0.1, 0.15) is 41.1 Å². The van der Waals surface area contributed by atoms with Gasteiger partial charge in [0.25, 0.3) is 0 Å². The fourth-order valence-corrected chi connectivity index (χ4v) is 2.94. The van der Waals surface area contributed by atoms with Gasteiger partial charge in [-0.3, -0.25) is 9.59 Å². The van der Waals surface area contributed by atoms with Crippen molar-refractivity contribution in [1.82, 2.24) is 0 Å². The Kier molecular flexibility index (Phi) is 5.03. The Balaban J connectivity index is 1.84. The average Bonchev–Trinajstić information content (AvgIpc) is 2.98. The van der Waals surface area contributed by atoms with E-state index < -0.39 is 0 Å². The maximum Gasteiger partial charge on any atom is 0.221 e. The summed E-state index contributed by atoms with van der Waals surface area (Å²) in [6.45, 7) is 5.51. The predicted molar refractivity (Wildman–Crippen MR) is 104 cm³/mol. The summed E-state index contributed by atoms with van der Waals surface area (Å²) in [6, 6.07) is 13.2. The first-order chi connectivity index (χ1) is 12.5. The van der Waals surface area contributed by atoms with Crippen LogP contribution >= 0.6 is 0 Å². The van der Waals surface area contributed by atoms with Crippen LogP contribution in [-0.2, 0) is 11.2 Å². The quantitative estimate of drug-likeness (QED) is 0.512. The van der Waals surface area contributed by atoms with Crippen LogP contribution in [0.3, 0.4) is 0 Å². The Morgan fingerprint density at radius 3 is 2.50 bits per heavy atom. The number of amides is 1. The molecule has 0 saturated heterocycles. The van der Waals surface area contributed by atoms with E-state index in [1.165, 1.54) is 13.0 Å². The van der Waals surface area contributed by atoms with Crippen LogP contribution in [0.25, 0.3) is 17.0 Å². The summed E-state index contributed by atoms with van der Waals surface area (Å²) in [4.78, 5) is 23.7. The lowest BCUT2D eigenvalue weighted by Crippen LogP contribution is -2.05. The number of nitrogens with one attached hydrogen (secondary N) is 1. The highest BCUT2D eigenvalue weighted by molar-refractivity contribution is 6.08. The second-order valence-electron chi connectivity index (χ2n) is 6.26. The number of benzene rings is 2. The second kappa shape index (κ2) is 7.40. The molecule has 1 amide bonds. The summed E-state index contributed by atoms with van der Waals surface area (Å²) in [5, 5.41) is 3.72. The van der Waals surface area contributed by atoms with Gasteiger partial charge in [-0.05, 0) is 49.2 Å². The monoisotopic (exact) mass is 347 g/mol. The van der Waals surface area contributed by atoms with Gasteiger partial charge in [-0.1, -0.05) is 36.8 Å². The van der Waals surface area contributed by atoms with E-state index in [4.69, 9.17) is 4.42 Å². The fraction of sp³-hybridized carbons (Fsp3) is 0.182. The van der Waals surface area contributed by atoms with Gasteiger partial charge in [-0.25, -0.2) is 0 Å². The van der Waals surface area contributed by atoms with Crippen molar-refractivity contribution in [2.75, 3.05) is 5.32 Å². The van der Waals surface area contributed by atoms with Crippen molar-refractivity contribution in [1.29, 1.82) is 0 Å². The Bertz CT molecular complexity index is 994. The molecule has 1 N–H and O–H groups in total. The minimum Gasteiger partial charge on any atom is -0.452 e. The van der Waals surface area contributed by atoms with Gasteiger partial charge in [0.1, 0.15) is 5.58 Å². The Hall–Kier alpha value is -3.14. The zero-order valence-electron chi connectivity index (χ0n) is 15.1. The number of furan rings is 1. The molecule has 4 nitrogen and oxygen atoms in total. The number of aryl methyl sites for hydroxylation is 2. The number of ketones is 1. The molecule has 0 aliphatic carbocycles. The number of hydrogen-bond donors (Lipinski definition) is 1. The third-order valence-corrected chi connectivity index (χ3v) is 4.18. The first kappa shape index (κ1) is 17.7. The highest BCUT2D eigenvalue weighted by Crippen LogP contribution is 2.28. The number of rotatable bonds is 5. The van der Waals surface area contributed by atoms with Crippen molar-refractivity contribution in [2.45, 2.75) is 27.2 Å². The first-order valence-corrected chi connectivity index (χ1v) is 8.60. The molecular weight excluding hydrogens is 326 g/mol. The number of allylic oxidation sites excluding steroid dienone is 1. The number of fused-ring (bicyclic) bond motifs is 1. The average molecular weight is 347 g/mol. The molecule has 0 aliphatic heterocycles. The number of hydrogen-bond acceptors (Lipinski definition) is 3. The van der Waals surface area contributed by atoms with Gasteiger partial charge in [-0.2, -0.15) is 0 Å². The van der Waals surface area contributed by atoms with Crippen LogP contribution in [0.2, 0.25) is 0 Å². The van der Waals surface area contributed by atoms with Crippen LogP contribution < -0.4 is 5.32 Å². The normalized spacial score (nSPS) is 11.2. The summed E-state index contributed by atoms with van der Waals surface area (Å²) in [6.07, 6.45) is 4.01. The third-order valence-electron chi connectivity index (χ3n) is 4.18. The summed E-state index contributed by atoms with van der Waals surface area (Å²) < 4.78 is 5.81. The van der Waals surface area contributed by atoms with Gasteiger partial charge in [-0.15, -0.1) is 0 Å². The zero-order valence-corrected chi connectivity index (χ0v) is 15.1. The Morgan fingerprint density at radius 1 is 1.12 bits per heavy atom. The molecule has 0 saturated carbocycles. The highest BCUT2D eigenvalue weighted by Gasteiger charge is 2.17. The molecule has 132 valence electrons. The number of carbonyl (C=O) groups is 2. The summed E-state index contributed by atoms with van der Waals surface area (Å²) in [5.74, 6) is 0.136. The molecule has 1 aromatic heterocycles. The maximum absolute atomic E-state index is 12.6. The first-order valence-electron chi connectivity index (χ1n) is 8.60. The molecular formula is C22H21NO3. The van der Waals surface area contributed by atoms with Crippen molar-refractivity contribution < 1.29 is 14.0 Å². The van der Waals surface area contributed by atoms with E-state index in [0.717, 1.165) is 39.8 Å². The molecule has 1 heterocycles. The lowest BCUT2D eigenvalue weighted by atomic mass is 10.0. The summed E-state index contributed by atoms with van der Waals surface area (Å²) in [7, 11) is 0. The smallest absolute Gasteiger partial charge is 0.221 e. The van der Waals surface area contributed by atoms with Crippen LogP contribution in [0.4, 0.5) is 5.69 Å². The molecule has 0 bridgehead atoms. The van der Waals surface area contributed by atoms with Gasteiger partial charge in [0.2, 0.25) is 11.7 Å². The van der Waals surface area contributed by atoms with Gasteiger partial charge in [0.05, 0.1) is 0 Å². The van der Waals surface area contributed by atoms with Crippen molar-refractivity contribution in [2.24, 2.45) is 0 Å². The molecule has 4 heteroatoms. The number of anilines is 1. The largest absolute Gasteiger partial charge is 0.452 e. The topological polar surface area (TPSA) is 59.3 Å². The summed E-state index contributed by atoms with van der Waals surface area (Å²) in [5.41, 5.74) is 4.42. The standard InChI is InChI=1S/C22H21NO3/c1-4-18-19-13-14(2)5-12-21(19)26-22(18)20(25)11-8-16-6-9-17(10-7-16)23-15(3)24/h5-13H,4H2,1-3H3,(H,23,24)/b11-8+. The van der Waals surface area contributed by atoms with Gasteiger partial charge in [0.15, 0.2) is 5.76 Å². The van der Waals surface area contributed by atoms with Crippen molar-refractivity contribution >= 4 is 34.4 Å². The van der Waals surface area contributed by atoms with Crippen LogP contribution in [0.5, 0.6) is 0 Å². The van der Waals surface area contributed by atoms with Crippen molar-refractivity contribution in [3.63, 3.8) is 0 Å². The second-order valence-corrected chi connectivity index (χ2v) is 6.26. The molecule has 0 fully saturated rings. The maximum atomic E-state index is 12.6. The molecule has 0 spiro atoms. The minimum absolute atomic E-state index is 0.115.